The Morgan fingerprint density at radius 1 is 0.867 bits per heavy atom. The van der Waals surface area contributed by atoms with Crippen LogP contribution >= 0.6 is 0 Å². The van der Waals surface area contributed by atoms with Gasteiger partial charge in [0.25, 0.3) is 11.8 Å². The maximum atomic E-state index is 12.9. The summed E-state index contributed by atoms with van der Waals surface area (Å²) in [5.41, 5.74) is 1.09. The molecule has 1 aliphatic rings. The molecule has 1 saturated heterocycles. The Kier molecular flexibility index (Phi) is 4.31. The van der Waals surface area contributed by atoms with Gasteiger partial charge in [0, 0.05) is 37.8 Å². The highest BCUT2D eigenvalue weighted by atomic mass is 16.4. The Bertz CT molecular complexity index is 1330. The first kappa shape index (κ1) is 18.1. The lowest BCUT2D eigenvalue weighted by atomic mass is 10.1. The second kappa shape index (κ2) is 7.14. The summed E-state index contributed by atoms with van der Waals surface area (Å²) in [6, 6.07) is 14.2. The van der Waals surface area contributed by atoms with Gasteiger partial charge in [0.2, 0.25) is 0 Å². The lowest BCUT2D eigenvalue weighted by molar-refractivity contribution is 0.0534. The summed E-state index contributed by atoms with van der Waals surface area (Å²) in [7, 11) is 0. The van der Waals surface area contributed by atoms with Crippen LogP contribution in [0.15, 0.2) is 70.1 Å². The lowest BCUT2D eigenvalue weighted by Crippen LogP contribution is -2.51. The number of carbonyl (C=O) groups is 2. The standard InChI is InChI=1S/C22H18N4O4/c27-20(16-13-15-5-1-2-7-19(15)30-22(16)29)24-9-11-25(12-10-24)21(28)17-14-23-26-8-4-3-6-18(17)26/h1-8,13-14H,9-12H2. The molecular weight excluding hydrogens is 384 g/mol. The summed E-state index contributed by atoms with van der Waals surface area (Å²) in [5, 5.41) is 4.91. The van der Waals surface area contributed by atoms with Crippen LogP contribution in [0.2, 0.25) is 0 Å². The van der Waals surface area contributed by atoms with Crippen LogP contribution in [-0.2, 0) is 0 Å². The van der Waals surface area contributed by atoms with E-state index < -0.39 is 5.63 Å². The summed E-state index contributed by atoms with van der Waals surface area (Å²) in [5.74, 6) is -0.494. The van der Waals surface area contributed by atoms with Crippen molar-refractivity contribution in [1.29, 1.82) is 0 Å². The van der Waals surface area contributed by atoms with Gasteiger partial charge in [-0.3, -0.25) is 9.59 Å². The van der Waals surface area contributed by atoms with E-state index in [4.69, 9.17) is 4.42 Å². The third-order valence-corrected chi connectivity index (χ3v) is 5.38. The number of amides is 2. The fraction of sp³-hybridized carbons (Fsp3) is 0.182. The molecule has 1 aromatic carbocycles. The first-order valence-electron chi connectivity index (χ1n) is 9.65. The van der Waals surface area contributed by atoms with Crippen LogP contribution in [0.5, 0.6) is 0 Å². The lowest BCUT2D eigenvalue weighted by Gasteiger charge is -2.34. The number of para-hydroxylation sites is 1. The van der Waals surface area contributed by atoms with E-state index in [0.717, 1.165) is 5.52 Å². The van der Waals surface area contributed by atoms with E-state index in [1.54, 1.807) is 51.0 Å². The van der Waals surface area contributed by atoms with Gasteiger partial charge in [-0.05, 0) is 24.3 Å². The zero-order chi connectivity index (χ0) is 20.7. The minimum absolute atomic E-state index is 0.0103. The van der Waals surface area contributed by atoms with Crippen LogP contribution in [0.3, 0.4) is 0 Å². The van der Waals surface area contributed by atoms with Gasteiger partial charge in [-0.2, -0.15) is 5.10 Å². The average molecular weight is 402 g/mol. The Morgan fingerprint density at radius 2 is 1.53 bits per heavy atom. The van der Waals surface area contributed by atoms with E-state index in [1.165, 1.54) is 0 Å². The predicted octanol–water partition coefficient (Wildman–Crippen LogP) is 2.04. The van der Waals surface area contributed by atoms with Crippen LogP contribution in [-0.4, -0.2) is 57.4 Å². The van der Waals surface area contributed by atoms with E-state index in [0.29, 0.717) is 42.7 Å². The number of pyridine rings is 1. The van der Waals surface area contributed by atoms with E-state index in [2.05, 4.69) is 5.10 Å². The Hall–Kier alpha value is -3.94. The Morgan fingerprint density at radius 3 is 2.30 bits per heavy atom. The van der Waals surface area contributed by atoms with Gasteiger partial charge >= 0.3 is 5.63 Å². The molecule has 8 heteroatoms. The fourth-order valence-corrected chi connectivity index (χ4v) is 3.76. The van der Waals surface area contributed by atoms with Crippen LogP contribution in [0.4, 0.5) is 0 Å². The number of carbonyl (C=O) groups excluding carboxylic acids is 2. The monoisotopic (exact) mass is 402 g/mol. The SMILES string of the molecule is O=C(c1cc2ccccc2oc1=O)N1CCN(C(=O)c2cnn3ccccc23)CC1. The number of fused-ring (bicyclic) bond motifs is 2. The van der Waals surface area contributed by atoms with E-state index in [9.17, 15) is 14.4 Å². The molecule has 5 rings (SSSR count). The topological polar surface area (TPSA) is 88.1 Å². The molecule has 0 N–H and O–H groups in total. The molecule has 4 heterocycles. The predicted molar refractivity (Wildman–Crippen MR) is 109 cm³/mol. The summed E-state index contributed by atoms with van der Waals surface area (Å²) >= 11 is 0. The van der Waals surface area contributed by atoms with Gasteiger partial charge in [-0.1, -0.05) is 24.3 Å². The molecule has 0 saturated carbocycles. The zero-order valence-electron chi connectivity index (χ0n) is 16.0. The number of benzene rings is 1. The van der Waals surface area contributed by atoms with Crippen LogP contribution in [0.25, 0.3) is 16.5 Å². The van der Waals surface area contributed by atoms with Gasteiger partial charge in [-0.15, -0.1) is 0 Å². The van der Waals surface area contributed by atoms with Crippen molar-refractivity contribution in [3.63, 3.8) is 0 Å². The van der Waals surface area contributed by atoms with Crippen molar-refractivity contribution in [2.45, 2.75) is 0 Å². The molecule has 30 heavy (non-hydrogen) atoms. The van der Waals surface area contributed by atoms with Gasteiger partial charge < -0.3 is 14.2 Å². The quantitative estimate of drug-likeness (QED) is 0.479. The molecule has 0 unspecified atom stereocenters. The number of piperazine rings is 1. The zero-order valence-corrected chi connectivity index (χ0v) is 16.0. The fourth-order valence-electron chi connectivity index (χ4n) is 3.76. The molecule has 150 valence electrons. The van der Waals surface area contributed by atoms with Crippen molar-refractivity contribution >= 4 is 28.3 Å². The molecule has 2 amide bonds. The highest BCUT2D eigenvalue weighted by molar-refractivity contribution is 6.01. The minimum atomic E-state index is -0.649. The Labute approximate surface area is 170 Å². The molecular formula is C22H18N4O4. The smallest absolute Gasteiger partial charge is 0.349 e. The summed E-state index contributed by atoms with van der Waals surface area (Å²) in [6.07, 6.45) is 3.35. The number of nitrogens with zero attached hydrogens (tertiary/aromatic N) is 4. The molecule has 0 bridgehead atoms. The summed E-state index contributed by atoms with van der Waals surface area (Å²) in [6.45, 7) is 1.45. The average Bonchev–Trinajstić information content (AvgIpc) is 3.22. The van der Waals surface area contributed by atoms with Gasteiger partial charge in [0.05, 0.1) is 17.3 Å². The number of hydrogen-bond acceptors (Lipinski definition) is 5. The number of rotatable bonds is 2. The number of hydrogen-bond donors (Lipinski definition) is 0. The largest absolute Gasteiger partial charge is 0.422 e. The molecule has 0 atom stereocenters. The highest BCUT2D eigenvalue weighted by Crippen LogP contribution is 2.17. The molecule has 0 aliphatic carbocycles. The van der Waals surface area contributed by atoms with Gasteiger partial charge in [-0.25, -0.2) is 9.31 Å². The normalized spacial score (nSPS) is 14.4. The summed E-state index contributed by atoms with van der Waals surface area (Å²) in [4.78, 5) is 41.4. The minimum Gasteiger partial charge on any atom is -0.422 e. The van der Waals surface area contributed by atoms with E-state index >= 15 is 0 Å². The van der Waals surface area contributed by atoms with Crippen molar-refractivity contribution in [1.82, 2.24) is 19.4 Å². The van der Waals surface area contributed by atoms with Gasteiger partial charge in [0.15, 0.2) is 0 Å². The first-order valence-corrected chi connectivity index (χ1v) is 9.65. The van der Waals surface area contributed by atoms with Crippen LogP contribution in [0.1, 0.15) is 20.7 Å². The van der Waals surface area contributed by atoms with Crippen LogP contribution in [0, 0.1) is 0 Å². The molecule has 0 spiro atoms. The second-order valence-corrected chi connectivity index (χ2v) is 7.16. The van der Waals surface area contributed by atoms with E-state index in [1.807, 2.05) is 24.3 Å². The van der Waals surface area contributed by atoms with E-state index in [-0.39, 0.29) is 17.4 Å². The first-order chi connectivity index (χ1) is 14.6. The maximum absolute atomic E-state index is 12.9. The third-order valence-electron chi connectivity index (χ3n) is 5.38. The van der Waals surface area contributed by atoms with Crippen molar-refractivity contribution in [3.8, 4) is 0 Å². The second-order valence-electron chi connectivity index (χ2n) is 7.16. The van der Waals surface area contributed by atoms with Crippen molar-refractivity contribution in [3.05, 3.63) is 82.5 Å². The molecule has 1 fully saturated rings. The molecule has 8 nitrogen and oxygen atoms in total. The van der Waals surface area contributed by atoms with Gasteiger partial charge in [0.1, 0.15) is 11.1 Å². The Balaban J connectivity index is 1.32. The molecule has 1 aliphatic heterocycles. The maximum Gasteiger partial charge on any atom is 0.349 e. The van der Waals surface area contributed by atoms with Crippen molar-refractivity contribution in [2.24, 2.45) is 0 Å². The highest BCUT2D eigenvalue weighted by Gasteiger charge is 2.28. The third kappa shape index (κ3) is 3.02. The van der Waals surface area contributed by atoms with Crippen molar-refractivity contribution < 1.29 is 14.0 Å². The van der Waals surface area contributed by atoms with Crippen molar-refractivity contribution in [2.75, 3.05) is 26.2 Å². The summed E-state index contributed by atoms with van der Waals surface area (Å²) < 4.78 is 6.94. The number of aromatic nitrogens is 2. The molecule has 4 aromatic rings. The molecule has 3 aromatic heterocycles. The van der Waals surface area contributed by atoms with Crippen LogP contribution < -0.4 is 5.63 Å². The molecule has 0 radical (unpaired) electrons.